The standard InChI is InChI=1S/C19H19FN2O/c1-13(2)9-14-3-6-16(7-4-14)19(23)22-12-17-8-5-15(11-21)10-18(17)20/h3-8,10,13H,9,12H2,1-2H3,(H,22,23). The molecule has 118 valence electrons. The Balaban J connectivity index is 1.98. The van der Waals surface area contributed by atoms with Gasteiger partial charge in [0, 0.05) is 17.7 Å². The molecule has 2 aromatic rings. The van der Waals surface area contributed by atoms with Crippen LogP contribution in [-0.4, -0.2) is 5.91 Å². The molecule has 0 aromatic heterocycles. The fourth-order valence-electron chi connectivity index (χ4n) is 2.30. The molecule has 1 amide bonds. The molecule has 0 fully saturated rings. The average molecular weight is 310 g/mol. The van der Waals surface area contributed by atoms with Crippen LogP contribution in [0.15, 0.2) is 42.5 Å². The molecule has 0 aliphatic heterocycles. The fraction of sp³-hybridized carbons (Fsp3) is 0.263. The number of halogens is 1. The molecule has 0 spiro atoms. The minimum atomic E-state index is -0.489. The van der Waals surface area contributed by atoms with Gasteiger partial charge in [-0.15, -0.1) is 0 Å². The Bertz CT molecular complexity index is 730. The van der Waals surface area contributed by atoms with Crippen molar-refractivity contribution in [2.24, 2.45) is 5.92 Å². The van der Waals surface area contributed by atoms with Gasteiger partial charge in [-0.2, -0.15) is 5.26 Å². The number of carbonyl (C=O) groups is 1. The lowest BCUT2D eigenvalue weighted by atomic mass is 10.0. The van der Waals surface area contributed by atoms with Crippen LogP contribution in [0, 0.1) is 23.1 Å². The van der Waals surface area contributed by atoms with Crippen LogP contribution in [0.2, 0.25) is 0 Å². The minimum absolute atomic E-state index is 0.0874. The SMILES string of the molecule is CC(C)Cc1ccc(C(=O)NCc2ccc(C#N)cc2F)cc1. The van der Waals surface area contributed by atoms with Gasteiger partial charge in [-0.1, -0.05) is 32.0 Å². The highest BCUT2D eigenvalue weighted by atomic mass is 19.1. The van der Waals surface area contributed by atoms with Gasteiger partial charge in [0.05, 0.1) is 11.6 Å². The van der Waals surface area contributed by atoms with Crippen molar-refractivity contribution in [2.75, 3.05) is 0 Å². The van der Waals surface area contributed by atoms with E-state index in [9.17, 15) is 9.18 Å². The van der Waals surface area contributed by atoms with Crippen molar-refractivity contribution >= 4 is 5.91 Å². The Labute approximate surface area is 135 Å². The number of carbonyl (C=O) groups excluding carboxylic acids is 1. The van der Waals surface area contributed by atoms with Crippen molar-refractivity contribution in [3.8, 4) is 6.07 Å². The molecule has 0 aliphatic rings. The van der Waals surface area contributed by atoms with Crippen LogP contribution in [0.25, 0.3) is 0 Å². The van der Waals surface area contributed by atoms with Crippen LogP contribution in [-0.2, 0) is 13.0 Å². The normalized spacial score (nSPS) is 10.4. The fourth-order valence-corrected chi connectivity index (χ4v) is 2.30. The highest BCUT2D eigenvalue weighted by Crippen LogP contribution is 2.12. The summed E-state index contributed by atoms with van der Waals surface area (Å²) >= 11 is 0. The van der Waals surface area contributed by atoms with Crippen LogP contribution in [0.3, 0.4) is 0 Å². The molecule has 1 N–H and O–H groups in total. The predicted molar refractivity (Wildman–Crippen MR) is 87.3 cm³/mol. The van der Waals surface area contributed by atoms with Crippen LogP contribution < -0.4 is 5.32 Å². The van der Waals surface area contributed by atoms with Gasteiger partial charge in [-0.25, -0.2) is 4.39 Å². The second-order valence-corrected chi connectivity index (χ2v) is 5.90. The molecule has 0 radical (unpaired) electrons. The van der Waals surface area contributed by atoms with Gasteiger partial charge in [0.1, 0.15) is 5.82 Å². The molecule has 2 rings (SSSR count). The molecule has 4 heteroatoms. The number of benzene rings is 2. The summed E-state index contributed by atoms with van der Waals surface area (Å²) in [6, 6.07) is 13.5. The number of rotatable bonds is 5. The molecule has 23 heavy (non-hydrogen) atoms. The van der Waals surface area contributed by atoms with E-state index in [1.54, 1.807) is 12.1 Å². The molecular weight excluding hydrogens is 291 g/mol. The molecule has 0 saturated carbocycles. The van der Waals surface area contributed by atoms with Crippen LogP contribution in [0.4, 0.5) is 4.39 Å². The summed E-state index contributed by atoms with van der Waals surface area (Å²) in [5, 5.41) is 11.4. The van der Waals surface area contributed by atoms with E-state index >= 15 is 0 Å². The van der Waals surface area contributed by atoms with Crippen molar-refractivity contribution in [1.29, 1.82) is 5.26 Å². The van der Waals surface area contributed by atoms with Gasteiger partial charge in [-0.3, -0.25) is 4.79 Å². The highest BCUT2D eigenvalue weighted by molar-refractivity contribution is 5.94. The van der Waals surface area contributed by atoms with Crippen molar-refractivity contribution in [1.82, 2.24) is 5.32 Å². The zero-order valence-electron chi connectivity index (χ0n) is 13.3. The summed E-state index contributed by atoms with van der Waals surface area (Å²) in [4.78, 5) is 12.1. The summed E-state index contributed by atoms with van der Waals surface area (Å²) in [5.41, 5.74) is 2.35. The topological polar surface area (TPSA) is 52.9 Å². The first-order valence-electron chi connectivity index (χ1n) is 7.55. The zero-order valence-corrected chi connectivity index (χ0v) is 13.3. The largest absolute Gasteiger partial charge is 0.348 e. The summed E-state index contributed by atoms with van der Waals surface area (Å²) < 4.78 is 13.8. The maximum Gasteiger partial charge on any atom is 0.251 e. The van der Waals surface area contributed by atoms with E-state index in [4.69, 9.17) is 5.26 Å². The first-order valence-corrected chi connectivity index (χ1v) is 7.55. The molecule has 0 bridgehead atoms. The maximum atomic E-state index is 13.8. The Morgan fingerprint density at radius 3 is 2.48 bits per heavy atom. The lowest BCUT2D eigenvalue weighted by Gasteiger charge is -2.08. The third kappa shape index (κ3) is 4.65. The first-order chi connectivity index (χ1) is 11.0. The van der Waals surface area contributed by atoms with Crippen molar-refractivity contribution in [3.63, 3.8) is 0 Å². The second kappa shape index (κ2) is 7.55. The van der Waals surface area contributed by atoms with E-state index in [1.165, 1.54) is 23.8 Å². The minimum Gasteiger partial charge on any atom is -0.348 e. The van der Waals surface area contributed by atoms with E-state index in [1.807, 2.05) is 18.2 Å². The summed E-state index contributed by atoms with van der Waals surface area (Å²) in [6.45, 7) is 4.38. The Kier molecular flexibility index (Phi) is 5.48. The third-order valence-electron chi connectivity index (χ3n) is 3.48. The van der Waals surface area contributed by atoms with E-state index in [0.29, 0.717) is 17.0 Å². The Morgan fingerprint density at radius 2 is 1.91 bits per heavy atom. The van der Waals surface area contributed by atoms with Crippen molar-refractivity contribution < 1.29 is 9.18 Å². The predicted octanol–water partition coefficient (Wildman–Crippen LogP) is 3.83. The number of nitrogens with zero attached hydrogens (tertiary/aromatic N) is 1. The van der Waals surface area contributed by atoms with Gasteiger partial charge >= 0.3 is 0 Å². The monoisotopic (exact) mass is 310 g/mol. The molecule has 0 heterocycles. The first kappa shape index (κ1) is 16.7. The molecule has 3 nitrogen and oxygen atoms in total. The Morgan fingerprint density at radius 1 is 1.22 bits per heavy atom. The van der Waals surface area contributed by atoms with Gasteiger partial charge in [0.25, 0.3) is 5.91 Å². The quantitative estimate of drug-likeness (QED) is 0.912. The smallest absolute Gasteiger partial charge is 0.251 e. The maximum absolute atomic E-state index is 13.8. The zero-order chi connectivity index (χ0) is 16.8. The lowest BCUT2D eigenvalue weighted by Crippen LogP contribution is -2.23. The van der Waals surface area contributed by atoms with Crippen LogP contribution in [0.1, 0.15) is 40.9 Å². The number of amides is 1. The number of hydrogen-bond donors (Lipinski definition) is 1. The van der Waals surface area contributed by atoms with Crippen LogP contribution in [0.5, 0.6) is 0 Å². The van der Waals surface area contributed by atoms with Gasteiger partial charge in [-0.05, 0) is 42.2 Å². The van der Waals surface area contributed by atoms with E-state index in [0.717, 1.165) is 6.42 Å². The number of nitrogens with one attached hydrogen (secondary N) is 1. The van der Waals surface area contributed by atoms with Crippen molar-refractivity contribution in [2.45, 2.75) is 26.8 Å². The van der Waals surface area contributed by atoms with E-state index in [2.05, 4.69) is 19.2 Å². The molecular formula is C19H19FN2O. The molecule has 0 saturated heterocycles. The summed E-state index contributed by atoms with van der Waals surface area (Å²) in [5.74, 6) is -0.171. The summed E-state index contributed by atoms with van der Waals surface area (Å²) in [6.07, 6.45) is 0.971. The summed E-state index contributed by atoms with van der Waals surface area (Å²) in [7, 11) is 0. The lowest BCUT2D eigenvalue weighted by molar-refractivity contribution is 0.0950. The second-order valence-electron chi connectivity index (χ2n) is 5.90. The van der Waals surface area contributed by atoms with Crippen LogP contribution >= 0.6 is 0 Å². The number of nitriles is 1. The Hall–Kier alpha value is -2.67. The number of hydrogen-bond acceptors (Lipinski definition) is 2. The average Bonchev–Trinajstić information content (AvgIpc) is 2.53. The van der Waals surface area contributed by atoms with Gasteiger partial charge < -0.3 is 5.32 Å². The molecule has 0 unspecified atom stereocenters. The molecule has 2 aromatic carbocycles. The highest BCUT2D eigenvalue weighted by Gasteiger charge is 2.08. The molecule has 0 atom stereocenters. The van der Waals surface area contributed by atoms with E-state index in [-0.39, 0.29) is 18.0 Å². The third-order valence-corrected chi connectivity index (χ3v) is 3.48. The van der Waals surface area contributed by atoms with Gasteiger partial charge in [0.2, 0.25) is 0 Å². The van der Waals surface area contributed by atoms with Crippen molar-refractivity contribution in [3.05, 3.63) is 70.5 Å². The molecule has 0 aliphatic carbocycles. The van der Waals surface area contributed by atoms with Gasteiger partial charge in [0.15, 0.2) is 0 Å². The van der Waals surface area contributed by atoms with E-state index < -0.39 is 5.82 Å².